The second kappa shape index (κ2) is 5.13. The van der Waals surface area contributed by atoms with E-state index in [2.05, 4.69) is 11.8 Å². The first-order valence-electron chi connectivity index (χ1n) is 6.23. The van der Waals surface area contributed by atoms with Gasteiger partial charge in [0.15, 0.2) is 11.6 Å². The predicted octanol–water partition coefficient (Wildman–Crippen LogP) is 3.51. The minimum Gasteiger partial charge on any atom is -0.299 e. The maximum Gasteiger partial charge on any atom is 0.163 e. The molecule has 1 saturated heterocycles. The Balaban J connectivity index is 2.10. The fourth-order valence-corrected chi connectivity index (χ4v) is 2.48. The van der Waals surface area contributed by atoms with Gasteiger partial charge in [-0.1, -0.05) is 19.1 Å². The molecule has 0 amide bonds. The Kier molecular flexibility index (Phi) is 3.77. The van der Waals surface area contributed by atoms with Gasteiger partial charge in [-0.3, -0.25) is 4.90 Å². The number of benzene rings is 1. The summed E-state index contributed by atoms with van der Waals surface area (Å²) in [6.07, 6.45) is 2.39. The van der Waals surface area contributed by atoms with Crippen LogP contribution in [0.3, 0.4) is 0 Å². The summed E-state index contributed by atoms with van der Waals surface area (Å²) in [4.78, 5) is 2.21. The molecule has 0 spiro atoms. The Morgan fingerprint density at radius 2 is 2.06 bits per heavy atom. The van der Waals surface area contributed by atoms with Gasteiger partial charge in [0.1, 0.15) is 0 Å². The summed E-state index contributed by atoms with van der Waals surface area (Å²) < 4.78 is 27.1. The van der Waals surface area contributed by atoms with Crippen molar-refractivity contribution < 1.29 is 8.78 Å². The topological polar surface area (TPSA) is 3.24 Å². The smallest absolute Gasteiger partial charge is 0.163 e. The summed E-state index contributed by atoms with van der Waals surface area (Å²) in [6, 6.07) is 3.36. The third-order valence-electron chi connectivity index (χ3n) is 3.49. The Hall–Kier alpha value is -0.960. The normalized spacial score (nSPS) is 21.8. The minimum atomic E-state index is -0.701. The number of hydrogen-bond acceptors (Lipinski definition) is 1. The zero-order valence-corrected chi connectivity index (χ0v) is 10.5. The highest BCUT2D eigenvalue weighted by atomic mass is 19.2. The van der Waals surface area contributed by atoms with Crippen molar-refractivity contribution in [1.29, 1.82) is 0 Å². The number of nitrogens with zero attached hydrogens (tertiary/aromatic N) is 1. The molecule has 1 unspecified atom stereocenters. The average Bonchev–Trinajstić information content (AvgIpc) is 2.30. The van der Waals surface area contributed by atoms with Crippen LogP contribution >= 0.6 is 0 Å². The molecule has 0 radical (unpaired) electrons. The van der Waals surface area contributed by atoms with Crippen LogP contribution in [-0.2, 0) is 6.54 Å². The van der Waals surface area contributed by atoms with Gasteiger partial charge < -0.3 is 0 Å². The van der Waals surface area contributed by atoms with E-state index >= 15 is 0 Å². The van der Waals surface area contributed by atoms with Crippen LogP contribution in [0.4, 0.5) is 8.78 Å². The van der Waals surface area contributed by atoms with Crippen molar-refractivity contribution in [1.82, 2.24) is 4.90 Å². The molecule has 17 heavy (non-hydrogen) atoms. The second-order valence-electron chi connectivity index (χ2n) is 5.15. The summed E-state index contributed by atoms with van der Waals surface area (Å²) in [5.41, 5.74) is 0.848. The van der Waals surface area contributed by atoms with Crippen LogP contribution in [0.2, 0.25) is 0 Å². The van der Waals surface area contributed by atoms with Crippen LogP contribution in [0, 0.1) is 24.5 Å². The number of piperidine rings is 1. The Morgan fingerprint density at radius 1 is 1.29 bits per heavy atom. The zero-order chi connectivity index (χ0) is 12.4. The second-order valence-corrected chi connectivity index (χ2v) is 5.15. The van der Waals surface area contributed by atoms with Crippen molar-refractivity contribution >= 4 is 0 Å². The van der Waals surface area contributed by atoms with Crippen LogP contribution in [-0.4, -0.2) is 18.0 Å². The molecule has 2 rings (SSSR count). The molecule has 3 heteroatoms. The maximum atomic E-state index is 13.7. The van der Waals surface area contributed by atoms with Crippen LogP contribution in [0.5, 0.6) is 0 Å². The van der Waals surface area contributed by atoms with Gasteiger partial charge in [-0.05, 0) is 37.8 Å². The van der Waals surface area contributed by atoms with Gasteiger partial charge in [0.25, 0.3) is 0 Å². The summed E-state index contributed by atoms with van der Waals surface area (Å²) in [7, 11) is 0. The van der Waals surface area contributed by atoms with Crippen molar-refractivity contribution in [2.45, 2.75) is 33.2 Å². The lowest BCUT2D eigenvalue weighted by molar-refractivity contribution is 0.174. The van der Waals surface area contributed by atoms with E-state index in [4.69, 9.17) is 0 Å². The molecule has 1 nitrogen and oxygen atoms in total. The largest absolute Gasteiger partial charge is 0.299 e. The molecule has 0 aromatic heterocycles. The van der Waals surface area contributed by atoms with Crippen LogP contribution in [0.1, 0.15) is 30.9 Å². The fourth-order valence-electron chi connectivity index (χ4n) is 2.48. The number of hydrogen-bond donors (Lipinski definition) is 0. The van der Waals surface area contributed by atoms with E-state index in [-0.39, 0.29) is 0 Å². The molecule has 1 aromatic rings. The van der Waals surface area contributed by atoms with E-state index < -0.39 is 11.6 Å². The van der Waals surface area contributed by atoms with Crippen molar-refractivity contribution in [3.05, 3.63) is 34.9 Å². The maximum absolute atomic E-state index is 13.7. The van der Waals surface area contributed by atoms with E-state index in [1.807, 2.05) is 0 Å². The van der Waals surface area contributed by atoms with Crippen LogP contribution in [0.25, 0.3) is 0 Å². The predicted molar refractivity (Wildman–Crippen MR) is 64.8 cm³/mol. The summed E-state index contributed by atoms with van der Waals surface area (Å²) in [6.45, 7) is 6.28. The van der Waals surface area contributed by atoms with Gasteiger partial charge in [0, 0.05) is 18.7 Å². The SMILES string of the molecule is Cc1ccc(CN2CCCC(C)C2)c(F)c1F. The Morgan fingerprint density at radius 3 is 2.76 bits per heavy atom. The molecule has 1 heterocycles. The van der Waals surface area contributed by atoms with Gasteiger partial charge in [-0.2, -0.15) is 0 Å². The van der Waals surface area contributed by atoms with Crippen molar-refractivity contribution in [3.8, 4) is 0 Å². The van der Waals surface area contributed by atoms with Crippen LogP contribution < -0.4 is 0 Å². The highest BCUT2D eigenvalue weighted by Crippen LogP contribution is 2.21. The van der Waals surface area contributed by atoms with Gasteiger partial charge >= 0.3 is 0 Å². The van der Waals surface area contributed by atoms with E-state index in [0.717, 1.165) is 19.5 Å². The quantitative estimate of drug-likeness (QED) is 0.763. The average molecular weight is 239 g/mol. The number of aryl methyl sites for hydroxylation is 1. The highest BCUT2D eigenvalue weighted by Gasteiger charge is 2.19. The van der Waals surface area contributed by atoms with Crippen molar-refractivity contribution in [3.63, 3.8) is 0 Å². The van der Waals surface area contributed by atoms with Gasteiger partial charge in [0.05, 0.1) is 0 Å². The van der Waals surface area contributed by atoms with Gasteiger partial charge in [-0.15, -0.1) is 0 Å². The number of likely N-dealkylation sites (tertiary alicyclic amines) is 1. The number of halogens is 2. The zero-order valence-electron chi connectivity index (χ0n) is 10.5. The molecular formula is C14H19F2N. The first kappa shape index (κ1) is 12.5. The first-order valence-corrected chi connectivity index (χ1v) is 6.23. The van der Waals surface area contributed by atoms with E-state index in [1.165, 1.54) is 6.42 Å². The molecule has 1 fully saturated rings. The molecule has 0 bridgehead atoms. The van der Waals surface area contributed by atoms with E-state index in [0.29, 0.717) is 23.6 Å². The van der Waals surface area contributed by atoms with Gasteiger partial charge in [0.2, 0.25) is 0 Å². The monoisotopic (exact) mass is 239 g/mol. The molecular weight excluding hydrogens is 220 g/mol. The molecule has 1 atom stereocenters. The standard InChI is InChI=1S/C14H19F2N/c1-10-4-3-7-17(8-10)9-12-6-5-11(2)13(15)14(12)16/h5-6,10H,3-4,7-9H2,1-2H3. The molecule has 94 valence electrons. The summed E-state index contributed by atoms with van der Waals surface area (Å²) in [5, 5.41) is 0. The lowest BCUT2D eigenvalue weighted by Crippen LogP contribution is -2.34. The Labute approximate surface area is 101 Å². The molecule has 0 N–H and O–H groups in total. The Bertz CT molecular complexity index is 403. The third-order valence-corrected chi connectivity index (χ3v) is 3.49. The molecule has 1 aliphatic rings. The van der Waals surface area contributed by atoms with Gasteiger partial charge in [-0.25, -0.2) is 8.78 Å². The lowest BCUT2D eigenvalue weighted by atomic mass is 9.99. The highest BCUT2D eigenvalue weighted by molar-refractivity contribution is 5.25. The van der Waals surface area contributed by atoms with Crippen molar-refractivity contribution in [2.24, 2.45) is 5.92 Å². The molecule has 1 aromatic carbocycles. The van der Waals surface area contributed by atoms with E-state index in [9.17, 15) is 8.78 Å². The van der Waals surface area contributed by atoms with Crippen LogP contribution in [0.15, 0.2) is 12.1 Å². The number of rotatable bonds is 2. The van der Waals surface area contributed by atoms with Crippen molar-refractivity contribution in [2.75, 3.05) is 13.1 Å². The minimum absolute atomic E-state index is 0.373. The lowest BCUT2D eigenvalue weighted by Gasteiger charge is -2.30. The third kappa shape index (κ3) is 2.83. The summed E-state index contributed by atoms with van der Waals surface area (Å²) >= 11 is 0. The molecule has 1 aliphatic heterocycles. The fraction of sp³-hybridized carbons (Fsp3) is 0.571. The first-order chi connectivity index (χ1) is 8.08. The molecule has 0 aliphatic carbocycles. The molecule has 0 saturated carbocycles. The summed E-state index contributed by atoms with van der Waals surface area (Å²) in [5.74, 6) is -0.724. The van der Waals surface area contributed by atoms with E-state index in [1.54, 1.807) is 19.1 Å².